The molecule has 0 aliphatic heterocycles. The second-order valence-electron chi connectivity index (χ2n) is 3.62. The van der Waals surface area contributed by atoms with Crippen LogP contribution in [0, 0.1) is 0 Å². The third-order valence-corrected chi connectivity index (χ3v) is 3.76. The van der Waals surface area contributed by atoms with Gasteiger partial charge in [-0.3, -0.25) is 9.82 Å². The van der Waals surface area contributed by atoms with Gasteiger partial charge in [0.05, 0.1) is 25.2 Å². The van der Waals surface area contributed by atoms with E-state index in [9.17, 15) is 8.42 Å². The number of methoxy groups -OCH3 is 1. The number of ether oxygens (including phenoxy) is 1. The molecule has 0 spiro atoms. The summed E-state index contributed by atoms with van der Waals surface area (Å²) in [5.74, 6) is 0.395. The minimum absolute atomic E-state index is 0.0502. The Labute approximate surface area is 110 Å². The normalized spacial score (nSPS) is 11.3. The molecule has 0 fully saturated rings. The van der Waals surface area contributed by atoms with E-state index < -0.39 is 10.0 Å². The molecule has 0 bridgehead atoms. The van der Waals surface area contributed by atoms with Crippen LogP contribution in [-0.2, 0) is 16.6 Å². The predicted octanol–water partition coefficient (Wildman–Crippen LogP) is 0.0728. The van der Waals surface area contributed by atoms with Crippen LogP contribution in [0.15, 0.2) is 29.6 Å². The third kappa shape index (κ3) is 2.83. The highest BCUT2D eigenvalue weighted by atomic mass is 32.2. The summed E-state index contributed by atoms with van der Waals surface area (Å²) in [5, 5.41) is 6.03. The highest BCUT2D eigenvalue weighted by molar-refractivity contribution is 7.92. The van der Waals surface area contributed by atoms with Crippen LogP contribution in [0.1, 0.15) is 5.56 Å². The molecule has 2 rings (SSSR count). The fourth-order valence-corrected chi connectivity index (χ4v) is 2.63. The van der Waals surface area contributed by atoms with E-state index in [-0.39, 0.29) is 11.6 Å². The second kappa shape index (κ2) is 5.24. The molecule has 2 heterocycles. The first-order valence-corrected chi connectivity index (χ1v) is 6.80. The van der Waals surface area contributed by atoms with Crippen LogP contribution in [0.4, 0.5) is 5.69 Å². The number of rotatable bonds is 5. The Morgan fingerprint density at radius 3 is 2.79 bits per heavy atom. The zero-order valence-corrected chi connectivity index (χ0v) is 10.9. The molecule has 4 N–H and O–H groups in total. The number of aromatic nitrogens is 3. The van der Waals surface area contributed by atoms with Gasteiger partial charge in [0.25, 0.3) is 10.0 Å². The molecule has 0 unspecified atom stereocenters. The monoisotopic (exact) mass is 283 g/mol. The Hall–Kier alpha value is -2.13. The summed E-state index contributed by atoms with van der Waals surface area (Å²) < 4.78 is 31.5. The molecule has 0 saturated heterocycles. The summed E-state index contributed by atoms with van der Waals surface area (Å²) in [6.07, 6.45) is 2.73. The fraction of sp³-hybridized carbons (Fsp3) is 0.200. The second-order valence-corrected chi connectivity index (χ2v) is 5.24. The minimum Gasteiger partial charge on any atom is -0.481 e. The van der Waals surface area contributed by atoms with Gasteiger partial charge in [0.2, 0.25) is 5.88 Å². The zero-order chi connectivity index (χ0) is 13.9. The summed E-state index contributed by atoms with van der Waals surface area (Å²) in [6, 6.07) is 3.09. The van der Waals surface area contributed by atoms with E-state index in [0.717, 1.165) is 0 Å². The Morgan fingerprint density at radius 1 is 1.42 bits per heavy atom. The fourth-order valence-electron chi connectivity index (χ4n) is 1.44. The number of nitrogens with zero attached hydrogens (tertiary/aromatic N) is 2. The molecular weight excluding hydrogens is 270 g/mol. The Bertz CT molecular complexity index is 650. The zero-order valence-electron chi connectivity index (χ0n) is 10.1. The number of pyridine rings is 1. The van der Waals surface area contributed by atoms with Gasteiger partial charge in [-0.1, -0.05) is 0 Å². The lowest BCUT2D eigenvalue weighted by Gasteiger charge is -2.07. The van der Waals surface area contributed by atoms with Crippen molar-refractivity contribution in [2.45, 2.75) is 11.6 Å². The van der Waals surface area contributed by atoms with Crippen LogP contribution < -0.4 is 15.2 Å². The van der Waals surface area contributed by atoms with E-state index in [0.29, 0.717) is 17.1 Å². The van der Waals surface area contributed by atoms with Gasteiger partial charge in [-0.05, 0) is 6.07 Å². The van der Waals surface area contributed by atoms with Crippen LogP contribution in [0.3, 0.4) is 0 Å². The van der Waals surface area contributed by atoms with Gasteiger partial charge >= 0.3 is 0 Å². The Kier molecular flexibility index (Phi) is 3.67. The van der Waals surface area contributed by atoms with Crippen LogP contribution >= 0.6 is 0 Å². The molecule has 8 nitrogen and oxygen atoms in total. The smallest absolute Gasteiger partial charge is 0.279 e. The molecule has 2 aromatic rings. The van der Waals surface area contributed by atoms with Crippen molar-refractivity contribution in [1.29, 1.82) is 0 Å². The van der Waals surface area contributed by atoms with Crippen LogP contribution in [0.5, 0.6) is 5.88 Å². The number of H-pyrrole nitrogens is 1. The number of anilines is 1. The first kappa shape index (κ1) is 13.3. The topological polar surface area (TPSA) is 123 Å². The standard InChI is InChI=1S/C10H13N5O3S/c1-18-9-3-2-8(6-12-9)15-19(16,17)10-7(4-11)5-13-14-10/h2-3,5-6,15H,4,11H2,1H3,(H,13,14). The number of aromatic amines is 1. The number of nitrogens with one attached hydrogen (secondary N) is 2. The van der Waals surface area contributed by atoms with Gasteiger partial charge in [0.1, 0.15) is 0 Å². The lowest BCUT2D eigenvalue weighted by molar-refractivity contribution is 0.398. The molecule has 0 saturated carbocycles. The summed E-state index contributed by atoms with van der Waals surface area (Å²) in [6.45, 7) is 0.0770. The summed E-state index contributed by atoms with van der Waals surface area (Å²) in [4.78, 5) is 3.91. The first-order valence-electron chi connectivity index (χ1n) is 5.32. The Morgan fingerprint density at radius 2 is 2.21 bits per heavy atom. The number of sulfonamides is 1. The maximum absolute atomic E-state index is 12.1. The molecule has 2 aromatic heterocycles. The maximum atomic E-state index is 12.1. The van der Waals surface area contributed by atoms with Crippen molar-refractivity contribution in [2.24, 2.45) is 5.73 Å². The molecule has 0 amide bonds. The van der Waals surface area contributed by atoms with Crippen molar-refractivity contribution in [1.82, 2.24) is 15.2 Å². The lowest BCUT2D eigenvalue weighted by atomic mass is 10.4. The molecule has 0 radical (unpaired) electrons. The average molecular weight is 283 g/mol. The molecule has 0 atom stereocenters. The molecule has 19 heavy (non-hydrogen) atoms. The number of hydrogen-bond donors (Lipinski definition) is 3. The SMILES string of the molecule is COc1ccc(NS(=O)(=O)c2[nH]ncc2CN)cn1. The molecular formula is C10H13N5O3S. The number of nitrogens with two attached hydrogens (primary N) is 1. The largest absolute Gasteiger partial charge is 0.481 e. The summed E-state index contributed by atoms with van der Waals surface area (Å²) >= 11 is 0. The van der Waals surface area contributed by atoms with Crippen LogP contribution in [-0.4, -0.2) is 30.7 Å². The molecule has 0 aromatic carbocycles. The van der Waals surface area contributed by atoms with Gasteiger partial charge < -0.3 is 10.5 Å². The van der Waals surface area contributed by atoms with E-state index in [2.05, 4.69) is 19.9 Å². The van der Waals surface area contributed by atoms with Crippen molar-refractivity contribution >= 4 is 15.7 Å². The predicted molar refractivity (Wildman–Crippen MR) is 68.1 cm³/mol. The number of hydrogen-bond acceptors (Lipinski definition) is 6. The third-order valence-electron chi connectivity index (χ3n) is 2.36. The van der Waals surface area contributed by atoms with Crippen molar-refractivity contribution in [3.8, 4) is 5.88 Å². The van der Waals surface area contributed by atoms with Crippen molar-refractivity contribution in [3.63, 3.8) is 0 Å². The van der Waals surface area contributed by atoms with E-state index in [1.54, 1.807) is 12.1 Å². The molecule has 102 valence electrons. The maximum Gasteiger partial charge on any atom is 0.279 e. The van der Waals surface area contributed by atoms with E-state index in [1.165, 1.54) is 19.5 Å². The van der Waals surface area contributed by atoms with Gasteiger partial charge in [-0.25, -0.2) is 4.98 Å². The van der Waals surface area contributed by atoms with Crippen LogP contribution in [0.2, 0.25) is 0 Å². The first-order chi connectivity index (χ1) is 9.06. The minimum atomic E-state index is -3.76. The summed E-state index contributed by atoms with van der Waals surface area (Å²) in [5.41, 5.74) is 6.17. The summed E-state index contributed by atoms with van der Waals surface area (Å²) in [7, 11) is -2.28. The van der Waals surface area contributed by atoms with Gasteiger partial charge in [0.15, 0.2) is 5.03 Å². The van der Waals surface area contributed by atoms with Gasteiger partial charge in [-0.15, -0.1) is 0 Å². The van der Waals surface area contributed by atoms with E-state index >= 15 is 0 Å². The lowest BCUT2D eigenvalue weighted by Crippen LogP contribution is -2.16. The quantitative estimate of drug-likeness (QED) is 0.713. The highest BCUT2D eigenvalue weighted by Crippen LogP contribution is 2.17. The van der Waals surface area contributed by atoms with Crippen LogP contribution in [0.25, 0.3) is 0 Å². The van der Waals surface area contributed by atoms with Gasteiger partial charge in [-0.2, -0.15) is 13.5 Å². The van der Waals surface area contributed by atoms with Crippen molar-refractivity contribution < 1.29 is 13.2 Å². The van der Waals surface area contributed by atoms with E-state index in [4.69, 9.17) is 10.5 Å². The molecule has 0 aliphatic carbocycles. The Balaban J connectivity index is 2.26. The molecule has 9 heteroatoms. The molecule has 0 aliphatic rings. The highest BCUT2D eigenvalue weighted by Gasteiger charge is 2.20. The average Bonchev–Trinajstić information content (AvgIpc) is 2.88. The van der Waals surface area contributed by atoms with E-state index in [1.807, 2.05) is 0 Å². The van der Waals surface area contributed by atoms with Crippen molar-refractivity contribution in [3.05, 3.63) is 30.1 Å². The van der Waals surface area contributed by atoms with Gasteiger partial charge in [0, 0.05) is 18.2 Å². The van der Waals surface area contributed by atoms with Crippen molar-refractivity contribution in [2.75, 3.05) is 11.8 Å².